The lowest BCUT2D eigenvalue weighted by molar-refractivity contribution is 0.0602. The highest BCUT2D eigenvalue weighted by molar-refractivity contribution is 7.21. The molecule has 7 heteroatoms. The maximum Gasteiger partial charge on any atom is 0.339 e. The van der Waals surface area contributed by atoms with Crippen LogP contribution >= 0.6 is 11.3 Å². The van der Waals surface area contributed by atoms with E-state index in [4.69, 9.17) is 10.5 Å². The molecular weight excluding hydrogens is 338 g/mol. The van der Waals surface area contributed by atoms with Crippen LogP contribution in [0.25, 0.3) is 10.2 Å². The normalized spacial score (nSPS) is 10.7. The molecule has 6 nitrogen and oxygen atoms in total. The second kappa shape index (κ2) is 6.52. The van der Waals surface area contributed by atoms with Gasteiger partial charge in [0.2, 0.25) is 0 Å². The van der Waals surface area contributed by atoms with Crippen molar-refractivity contribution in [2.75, 3.05) is 18.2 Å². The first-order chi connectivity index (χ1) is 11.9. The van der Waals surface area contributed by atoms with Crippen LogP contribution in [0, 0.1) is 13.8 Å². The molecule has 1 amide bonds. The van der Waals surface area contributed by atoms with Gasteiger partial charge in [-0.3, -0.25) is 4.79 Å². The smallest absolute Gasteiger partial charge is 0.339 e. The Hall–Kier alpha value is -2.93. The molecule has 0 aliphatic carbocycles. The highest BCUT2D eigenvalue weighted by Gasteiger charge is 2.21. The van der Waals surface area contributed by atoms with Gasteiger partial charge in [-0.2, -0.15) is 0 Å². The van der Waals surface area contributed by atoms with Crippen LogP contribution in [0.3, 0.4) is 0 Å². The van der Waals surface area contributed by atoms with E-state index in [0.29, 0.717) is 16.3 Å². The number of esters is 1. The minimum Gasteiger partial charge on any atom is -0.465 e. The molecule has 0 saturated carbocycles. The minimum absolute atomic E-state index is 0.281. The first-order valence-electron chi connectivity index (χ1n) is 7.57. The van der Waals surface area contributed by atoms with Crippen molar-refractivity contribution < 1.29 is 14.3 Å². The molecule has 0 aliphatic rings. The number of nitrogens with zero attached hydrogens (tertiary/aromatic N) is 1. The second-order valence-corrected chi connectivity index (χ2v) is 6.60. The van der Waals surface area contributed by atoms with Crippen molar-refractivity contribution in [2.24, 2.45) is 0 Å². The number of anilines is 2. The minimum atomic E-state index is -0.520. The number of benzene rings is 1. The van der Waals surface area contributed by atoms with E-state index in [1.165, 1.54) is 18.4 Å². The highest BCUT2D eigenvalue weighted by atomic mass is 32.1. The number of pyridine rings is 1. The number of rotatable bonds is 3. The lowest BCUT2D eigenvalue weighted by Crippen LogP contribution is -2.15. The second-order valence-electron chi connectivity index (χ2n) is 5.60. The Morgan fingerprint density at radius 2 is 1.96 bits per heavy atom. The van der Waals surface area contributed by atoms with Crippen molar-refractivity contribution in [3.05, 3.63) is 52.0 Å². The Bertz CT molecular complexity index is 995. The standard InChI is InChI=1S/C18H17N3O3S/c1-9-8-10(2)20-17-13(9)14(19)15(25-17)16(22)21-12-7-5-4-6-11(12)18(23)24-3/h4-8H,19H2,1-3H3,(H,21,22). The third kappa shape index (κ3) is 3.06. The summed E-state index contributed by atoms with van der Waals surface area (Å²) in [7, 11) is 1.29. The lowest BCUT2D eigenvalue weighted by Gasteiger charge is -2.09. The lowest BCUT2D eigenvalue weighted by atomic mass is 10.1. The van der Waals surface area contributed by atoms with Crippen LogP contribution in [-0.2, 0) is 4.74 Å². The summed E-state index contributed by atoms with van der Waals surface area (Å²) in [5.74, 6) is -0.901. The molecule has 0 fully saturated rings. The molecule has 3 aromatic rings. The number of amides is 1. The van der Waals surface area contributed by atoms with Gasteiger partial charge in [0.1, 0.15) is 9.71 Å². The highest BCUT2D eigenvalue weighted by Crippen LogP contribution is 2.35. The molecule has 25 heavy (non-hydrogen) atoms. The molecule has 0 bridgehead atoms. The van der Waals surface area contributed by atoms with Crippen molar-refractivity contribution in [3.8, 4) is 0 Å². The van der Waals surface area contributed by atoms with E-state index < -0.39 is 5.97 Å². The maximum atomic E-state index is 12.7. The summed E-state index contributed by atoms with van der Waals surface area (Å²) in [5, 5.41) is 3.53. The van der Waals surface area contributed by atoms with Crippen LogP contribution < -0.4 is 11.1 Å². The van der Waals surface area contributed by atoms with Gasteiger partial charge in [-0.25, -0.2) is 9.78 Å². The fourth-order valence-electron chi connectivity index (χ4n) is 2.70. The SMILES string of the molecule is COC(=O)c1ccccc1NC(=O)c1sc2nc(C)cc(C)c2c1N. The summed E-state index contributed by atoms with van der Waals surface area (Å²) in [6.07, 6.45) is 0. The molecule has 128 valence electrons. The maximum absolute atomic E-state index is 12.7. The number of nitrogens with one attached hydrogen (secondary N) is 1. The molecule has 2 aromatic heterocycles. The molecule has 0 saturated heterocycles. The molecule has 3 rings (SSSR count). The van der Waals surface area contributed by atoms with Gasteiger partial charge in [0.25, 0.3) is 5.91 Å². The van der Waals surface area contributed by atoms with Crippen LogP contribution in [-0.4, -0.2) is 24.0 Å². The predicted molar refractivity (Wildman–Crippen MR) is 99.2 cm³/mol. The number of nitrogen functional groups attached to an aromatic ring is 1. The first-order valence-corrected chi connectivity index (χ1v) is 8.39. The van der Waals surface area contributed by atoms with Gasteiger partial charge in [-0.05, 0) is 37.6 Å². The zero-order valence-corrected chi connectivity index (χ0v) is 14.9. The van der Waals surface area contributed by atoms with E-state index in [1.54, 1.807) is 24.3 Å². The summed E-state index contributed by atoms with van der Waals surface area (Å²) in [5.41, 5.74) is 9.09. The summed E-state index contributed by atoms with van der Waals surface area (Å²) in [6.45, 7) is 3.84. The van der Waals surface area contributed by atoms with Crippen molar-refractivity contribution in [2.45, 2.75) is 13.8 Å². The van der Waals surface area contributed by atoms with Crippen LogP contribution in [0.4, 0.5) is 11.4 Å². The van der Waals surface area contributed by atoms with Crippen molar-refractivity contribution in [1.29, 1.82) is 0 Å². The van der Waals surface area contributed by atoms with E-state index >= 15 is 0 Å². The Labute approximate surface area is 148 Å². The van der Waals surface area contributed by atoms with Gasteiger partial charge < -0.3 is 15.8 Å². The number of carbonyl (C=O) groups is 2. The van der Waals surface area contributed by atoms with E-state index in [0.717, 1.165) is 21.5 Å². The summed E-state index contributed by atoms with van der Waals surface area (Å²) in [6, 6.07) is 8.59. The zero-order valence-electron chi connectivity index (χ0n) is 14.0. The number of nitrogens with two attached hydrogens (primary N) is 1. The van der Waals surface area contributed by atoms with Crippen molar-refractivity contribution >= 4 is 44.8 Å². The van der Waals surface area contributed by atoms with E-state index in [1.807, 2.05) is 19.9 Å². The van der Waals surface area contributed by atoms with Crippen LogP contribution in [0.15, 0.2) is 30.3 Å². The summed E-state index contributed by atoms with van der Waals surface area (Å²) >= 11 is 1.24. The third-order valence-corrected chi connectivity index (χ3v) is 4.91. The third-order valence-electron chi connectivity index (χ3n) is 3.81. The Morgan fingerprint density at radius 3 is 2.68 bits per heavy atom. The number of carbonyl (C=O) groups excluding carboxylic acids is 2. The van der Waals surface area contributed by atoms with Crippen molar-refractivity contribution in [3.63, 3.8) is 0 Å². The van der Waals surface area contributed by atoms with E-state index in [-0.39, 0.29) is 11.5 Å². The van der Waals surface area contributed by atoms with Gasteiger partial charge in [-0.15, -0.1) is 11.3 Å². The van der Waals surface area contributed by atoms with Crippen LogP contribution in [0.1, 0.15) is 31.3 Å². The van der Waals surface area contributed by atoms with Gasteiger partial charge in [0.05, 0.1) is 24.0 Å². The van der Waals surface area contributed by atoms with E-state index in [2.05, 4.69) is 10.3 Å². The van der Waals surface area contributed by atoms with Crippen molar-refractivity contribution in [1.82, 2.24) is 4.98 Å². The average molecular weight is 355 g/mol. The number of methoxy groups -OCH3 is 1. The number of fused-ring (bicyclic) bond motifs is 1. The van der Waals surface area contributed by atoms with Crippen LogP contribution in [0.5, 0.6) is 0 Å². The number of aromatic nitrogens is 1. The Morgan fingerprint density at radius 1 is 1.24 bits per heavy atom. The molecule has 0 radical (unpaired) electrons. The zero-order chi connectivity index (χ0) is 18.1. The number of hydrogen-bond donors (Lipinski definition) is 2. The number of ether oxygens (including phenoxy) is 1. The monoisotopic (exact) mass is 355 g/mol. The molecule has 1 aromatic carbocycles. The van der Waals surface area contributed by atoms with Crippen LogP contribution in [0.2, 0.25) is 0 Å². The van der Waals surface area contributed by atoms with Gasteiger partial charge in [-0.1, -0.05) is 12.1 Å². The number of aryl methyl sites for hydroxylation is 2. The van der Waals surface area contributed by atoms with Gasteiger partial charge in [0, 0.05) is 11.1 Å². The molecule has 3 N–H and O–H groups in total. The van der Waals surface area contributed by atoms with Gasteiger partial charge in [0.15, 0.2) is 0 Å². The largest absolute Gasteiger partial charge is 0.465 e. The first kappa shape index (κ1) is 16.9. The molecule has 0 spiro atoms. The average Bonchev–Trinajstić information content (AvgIpc) is 2.91. The predicted octanol–water partition coefficient (Wildman–Crippen LogP) is 3.53. The number of hydrogen-bond acceptors (Lipinski definition) is 6. The Kier molecular flexibility index (Phi) is 4.41. The molecule has 0 atom stereocenters. The number of para-hydroxylation sites is 1. The summed E-state index contributed by atoms with van der Waals surface area (Å²) < 4.78 is 4.74. The number of thiophene rings is 1. The molecule has 0 unspecified atom stereocenters. The summed E-state index contributed by atoms with van der Waals surface area (Å²) in [4.78, 5) is 30.1. The fourth-order valence-corrected chi connectivity index (χ4v) is 3.81. The van der Waals surface area contributed by atoms with Gasteiger partial charge >= 0.3 is 5.97 Å². The molecule has 2 heterocycles. The molecule has 0 aliphatic heterocycles. The topological polar surface area (TPSA) is 94.3 Å². The van der Waals surface area contributed by atoms with E-state index in [9.17, 15) is 9.59 Å². The quantitative estimate of drug-likeness (QED) is 0.701. The fraction of sp³-hybridized carbons (Fsp3) is 0.167. The Balaban J connectivity index is 2.01. The molecular formula is C18H17N3O3S.